The molecule has 2 aromatic rings. The quantitative estimate of drug-likeness (QED) is 0.856. The van der Waals surface area contributed by atoms with Gasteiger partial charge in [-0.1, -0.05) is 12.0 Å². The average molecular weight is 259 g/mol. The number of rotatable bonds is 3. The minimum atomic E-state index is -1.25. The molecule has 1 N–H and O–H groups in total. The molecule has 0 amide bonds. The van der Waals surface area contributed by atoms with Crippen molar-refractivity contribution in [3.8, 4) is 22.9 Å². The van der Waals surface area contributed by atoms with Gasteiger partial charge in [-0.2, -0.15) is 0 Å². The molecule has 90 valence electrons. The zero-order valence-corrected chi connectivity index (χ0v) is 10.1. The number of hydrogen-bond acceptors (Lipinski definition) is 3. The maximum Gasteiger partial charge on any atom is 0.341 e. The summed E-state index contributed by atoms with van der Waals surface area (Å²) in [5.74, 6) is 1.12. The molecule has 0 bridgehead atoms. The van der Waals surface area contributed by atoms with Crippen LogP contribution in [0, 0.1) is 12.3 Å². The third-order valence-corrected chi connectivity index (χ3v) is 3.32. The first-order chi connectivity index (χ1) is 8.65. The summed E-state index contributed by atoms with van der Waals surface area (Å²) in [4.78, 5) is 23.8. The van der Waals surface area contributed by atoms with Crippen LogP contribution in [0.5, 0.6) is 0 Å². The summed E-state index contributed by atoms with van der Waals surface area (Å²) < 4.78 is 1.30. The van der Waals surface area contributed by atoms with Crippen LogP contribution in [0.3, 0.4) is 0 Å². The summed E-state index contributed by atoms with van der Waals surface area (Å²) >= 11 is 1.46. The normalized spacial score (nSPS) is 9.94. The first-order valence-electron chi connectivity index (χ1n) is 5.09. The van der Waals surface area contributed by atoms with Gasteiger partial charge in [0.05, 0.1) is 17.1 Å². The lowest BCUT2D eigenvalue weighted by Gasteiger charge is -2.09. The maximum absolute atomic E-state index is 12.0. The smallest absolute Gasteiger partial charge is 0.341 e. The van der Waals surface area contributed by atoms with E-state index in [1.807, 2.05) is 17.5 Å². The monoisotopic (exact) mass is 259 g/mol. The molecule has 0 atom stereocenters. The van der Waals surface area contributed by atoms with Gasteiger partial charge in [0.25, 0.3) is 5.56 Å². The molecule has 0 aromatic carbocycles. The summed E-state index contributed by atoms with van der Waals surface area (Å²) in [7, 11) is 0. The number of thiophene rings is 1. The fourth-order valence-corrected chi connectivity index (χ4v) is 2.39. The number of aromatic nitrogens is 1. The van der Waals surface area contributed by atoms with E-state index in [0.717, 1.165) is 4.88 Å². The summed E-state index contributed by atoms with van der Waals surface area (Å²) in [6, 6.07) is 6.63. The van der Waals surface area contributed by atoms with Gasteiger partial charge in [-0.05, 0) is 23.6 Å². The predicted octanol–water partition coefficient (Wildman–Crippen LogP) is 1.91. The van der Waals surface area contributed by atoms with Gasteiger partial charge in [0, 0.05) is 0 Å². The zero-order chi connectivity index (χ0) is 13.1. The standard InChI is InChI=1S/C13H9NO3S/c1-2-7-14-10(11-4-3-8-18-11)6-5-9(12(14)15)13(16)17/h1,3-6,8H,7H2,(H,16,17). The van der Waals surface area contributed by atoms with E-state index in [9.17, 15) is 9.59 Å². The van der Waals surface area contributed by atoms with Crippen LogP contribution in [-0.4, -0.2) is 15.6 Å². The SMILES string of the molecule is C#CCn1c(-c2cccs2)ccc(C(=O)O)c1=O. The fourth-order valence-electron chi connectivity index (χ4n) is 1.63. The van der Waals surface area contributed by atoms with Crippen LogP contribution in [0.25, 0.3) is 10.6 Å². The van der Waals surface area contributed by atoms with Crippen molar-refractivity contribution in [3.05, 3.63) is 45.6 Å². The third kappa shape index (κ3) is 2.06. The van der Waals surface area contributed by atoms with Crippen molar-refractivity contribution in [2.45, 2.75) is 6.54 Å². The van der Waals surface area contributed by atoms with Crippen LogP contribution < -0.4 is 5.56 Å². The van der Waals surface area contributed by atoms with Crippen LogP contribution in [0.1, 0.15) is 10.4 Å². The van der Waals surface area contributed by atoms with Gasteiger partial charge in [-0.15, -0.1) is 17.8 Å². The number of pyridine rings is 1. The number of terminal acetylenes is 1. The topological polar surface area (TPSA) is 59.3 Å². The molecule has 0 radical (unpaired) electrons. The van der Waals surface area contributed by atoms with Crippen LogP contribution in [-0.2, 0) is 6.54 Å². The molecular weight excluding hydrogens is 250 g/mol. The van der Waals surface area contributed by atoms with E-state index in [0.29, 0.717) is 5.69 Å². The van der Waals surface area contributed by atoms with Crippen LogP contribution >= 0.6 is 11.3 Å². The molecule has 2 rings (SSSR count). The van der Waals surface area contributed by atoms with E-state index in [-0.39, 0.29) is 12.1 Å². The summed E-state index contributed by atoms with van der Waals surface area (Å²) in [6.45, 7) is 0.0488. The number of carbonyl (C=O) groups is 1. The lowest BCUT2D eigenvalue weighted by atomic mass is 10.2. The molecule has 0 saturated heterocycles. The average Bonchev–Trinajstić information content (AvgIpc) is 2.84. The number of carboxylic acids is 1. The second-order valence-corrected chi connectivity index (χ2v) is 4.46. The van der Waals surface area contributed by atoms with Crippen LogP contribution in [0.15, 0.2) is 34.4 Å². The van der Waals surface area contributed by atoms with E-state index < -0.39 is 11.5 Å². The Kier molecular flexibility index (Phi) is 3.31. The molecule has 18 heavy (non-hydrogen) atoms. The Balaban J connectivity index is 2.70. The first kappa shape index (κ1) is 12.1. The largest absolute Gasteiger partial charge is 0.477 e. The Morgan fingerprint density at radius 1 is 1.44 bits per heavy atom. The van der Waals surface area contributed by atoms with Crippen LogP contribution in [0.2, 0.25) is 0 Å². The highest BCUT2D eigenvalue weighted by Gasteiger charge is 2.14. The summed E-state index contributed by atoms with van der Waals surface area (Å²) in [6.07, 6.45) is 5.22. The lowest BCUT2D eigenvalue weighted by Crippen LogP contribution is -2.27. The number of hydrogen-bond donors (Lipinski definition) is 1. The molecule has 0 aliphatic carbocycles. The Morgan fingerprint density at radius 2 is 2.22 bits per heavy atom. The van der Waals surface area contributed by atoms with E-state index in [2.05, 4.69) is 5.92 Å². The van der Waals surface area contributed by atoms with Gasteiger partial charge < -0.3 is 5.11 Å². The third-order valence-electron chi connectivity index (χ3n) is 2.43. The van der Waals surface area contributed by atoms with Gasteiger partial charge >= 0.3 is 5.97 Å². The Labute approximate surface area is 107 Å². The molecular formula is C13H9NO3S. The highest BCUT2D eigenvalue weighted by Crippen LogP contribution is 2.23. The molecule has 0 aliphatic rings. The molecule has 4 nitrogen and oxygen atoms in total. The van der Waals surface area contributed by atoms with Crippen molar-refractivity contribution < 1.29 is 9.90 Å². The van der Waals surface area contributed by atoms with Crippen molar-refractivity contribution in [1.29, 1.82) is 0 Å². The highest BCUT2D eigenvalue weighted by molar-refractivity contribution is 7.13. The van der Waals surface area contributed by atoms with Crippen molar-refractivity contribution >= 4 is 17.3 Å². The lowest BCUT2D eigenvalue weighted by molar-refractivity contribution is 0.0694. The van der Waals surface area contributed by atoms with Crippen molar-refractivity contribution in [2.24, 2.45) is 0 Å². The number of aromatic carboxylic acids is 1. The van der Waals surface area contributed by atoms with Crippen molar-refractivity contribution in [3.63, 3.8) is 0 Å². The van der Waals surface area contributed by atoms with E-state index in [1.165, 1.54) is 22.0 Å². The molecule has 0 aliphatic heterocycles. The fraction of sp³-hybridized carbons (Fsp3) is 0.0769. The molecule has 2 heterocycles. The highest BCUT2D eigenvalue weighted by atomic mass is 32.1. The summed E-state index contributed by atoms with van der Waals surface area (Å²) in [5, 5.41) is 10.8. The minimum Gasteiger partial charge on any atom is -0.477 e. The Hall–Kier alpha value is -2.32. The van der Waals surface area contributed by atoms with E-state index in [1.54, 1.807) is 6.07 Å². The zero-order valence-electron chi connectivity index (χ0n) is 9.29. The summed E-state index contributed by atoms with van der Waals surface area (Å²) in [5.41, 5.74) is -0.213. The molecule has 2 aromatic heterocycles. The molecule has 5 heteroatoms. The van der Waals surface area contributed by atoms with E-state index in [4.69, 9.17) is 11.5 Å². The van der Waals surface area contributed by atoms with E-state index >= 15 is 0 Å². The molecule has 0 saturated carbocycles. The van der Waals surface area contributed by atoms with Crippen LogP contribution in [0.4, 0.5) is 0 Å². The van der Waals surface area contributed by atoms with Gasteiger partial charge in [-0.3, -0.25) is 9.36 Å². The molecule has 0 unspecified atom stereocenters. The van der Waals surface area contributed by atoms with Crippen molar-refractivity contribution in [1.82, 2.24) is 4.57 Å². The van der Waals surface area contributed by atoms with Gasteiger partial charge in [0.2, 0.25) is 0 Å². The predicted molar refractivity (Wildman–Crippen MR) is 69.8 cm³/mol. The first-order valence-corrected chi connectivity index (χ1v) is 5.97. The maximum atomic E-state index is 12.0. The van der Waals surface area contributed by atoms with Gasteiger partial charge in [0.15, 0.2) is 0 Å². The van der Waals surface area contributed by atoms with Gasteiger partial charge in [0.1, 0.15) is 5.56 Å². The Morgan fingerprint density at radius 3 is 2.78 bits per heavy atom. The second kappa shape index (κ2) is 4.90. The van der Waals surface area contributed by atoms with Crippen molar-refractivity contribution in [2.75, 3.05) is 0 Å². The number of carboxylic acid groups (broad SMARTS) is 1. The molecule has 0 fully saturated rings. The molecule has 0 spiro atoms. The van der Waals surface area contributed by atoms with Gasteiger partial charge in [-0.25, -0.2) is 4.79 Å². The minimum absolute atomic E-state index is 0.0488. The Bertz CT molecular complexity index is 677. The number of nitrogens with zero attached hydrogens (tertiary/aromatic N) is 1. The second-order valence-electron chi connectivity index (χ2n) is 3.51.